The zero-order chi connectivity index (χ0) is 51.7. The monoisotopic (exact) mass is 1060 g/mol. The molecule has 1 aliphatic heterocycles. The van der Waals surface area contributed by atoms with Gasteiger partial charge in [0.15, 0.2) is 34.8 Å². The molecule has 11 rings (SSSR count). The molecule has 0 saturated heterocycles. The Labute approximate surface area is 429 Å². The molecule has 21 heteroatoms. The molecule has 74 heavy (non-hydrogen) atoms. The molecule has 5 heterocycles. The number of thiophene rings is 4. The third kappa shape index (κ3) is 7.45. The maximum atomic E-state index is 15.2. The molecule has 1 unspecified atom stereocenters. The second-order valence-corrected chi connectivity index (χ2v) is 20.6. The number of carbonyl (C=O) groups excluding carboxylic acids is 4. The number of hydrogen-bond acceptors (Lipinski definition) is 17. The molecule has 4 aromatic heterocycles. The largest absolute Gasteiger partial charge is 0.457 e. The minimum absolute atomic E-state index is 0.0216. The van der Waals surface area contributed by atoms with E-state index in [4.69, 9.17) is 14.2 Å². The number of hydrogen-bond donors (Lipinski definition) is 1. The number of esters is 2. The lowest BCUT2D eigenvalue weighted by molar-refractivity contribution is -0.183. The first-order valence-electron chi connectivity index (χ1n) is 21.5. The number of anilines is 1. The van der Waals surface area contributed by atoms with Crippen molar-refractivity contribution in [3.63, 3.8) is 0 Å². The van der Waals surface area contributed by atoms with Gasteiger partial charge in [-0.1, -0.05) is 60.7 Å². The highest BCUT2D eigenvalue weighted by Gasteiger charge is 2.60. The number of fused-ring (bicyclic) bond motifs is 9. The Morgan fingerprint density at radius 3 is 1.78 bits per heavy atom. The average molecular weight is 1060 g/mol. The number of Topliss-reactive ketones (excluding diaryl/α,β-unsaturated/α-hetero) is 2. The topological polar surface area (TPSA) is 216 Å². The fraction of sp³-hybridized carbons (Fsp3) is 0.0755. The predicted octanol–water partition coefficient (Wildman–Crippen LogP) is 11.8. The number of nitrogens with one attached hydrogen (secondary N) is 1. The molecule has 2 aliphatic carbocycles. The summed E-state index contributed by atoms with van der Waals surface area (Å²) in [5, 5.41) is 42.9. The van der Waals surface area contributed by atoms with E-state index >= 15 is 9.59 Å². The lowest BCUT2D eigenvalue weighted by Gasteiger charge is -2.33. The third-order valence-corrected chi connectivity index (χ3v) is 16.9. The molecule has 0 saturated carbocycles. The van der Waals surface area contributed by atoms with Crippen molar-refractivity contribution in [3.05, 3.63) is 170 Å². The molecule has 0 fully saturated rings. The molecule has 358 valence electrons. The van der Waals surface area contributed by atoms with Gasteiger partial charge < -0.3 is 19.5 Å². The molecular weight excluding hydrogens is 1040 g/mol. The van der Waals surface area contributed by atoms with Crippen LogP contribution in [0.5, 0.6) is 5.75 Å². The van der Waals surface area contributed by atoms with E-state index in [0.717, 1.165) is 51.4 Å². The van der Waals surface area contributed by atoms with Crippen LogP contribution in [0.25, 0.3) is 39.7 Å². The van der Waals surface area contributed by atoms with Crippen LogP contribution in [0, 0.1) is 68.6 Å². The number of ketones is 2. The highest BCUT2D eigenvalue weighted by Crippen LogP contribution is 2.62. The van der Waals surface area contributed by atoms with Crippen LogP contribution in [-0.4, -0.2) is 35.3 Å². The van der Waals surface area contributed by atoms with Gasteiger partial charge in [-0.3, -0.25) is 9.59 Å². The molecule has 0 radical (unpaired) electrons. The molecule has 3 aliphatic rings. The maximum absolute atomic E-state index is 15.2. The normalized spacial score (nSPS) is 15.3. The Bertz CT molecular complexity index is 4040. The van der Waals surface area contributed by atoms with Gasteiger partial charge in [0, 0.05) is 32.5 Å². The number of halogens is 4. The molecule has 1 N–H and O–H groups in total. The van der Waals surface area contributed by atoms with Crippen molar-refractivity contribution in [1.29, 1.82) is 21.0 Å². The molecule has 1 atom stereocenters. The zero-order valence-electron chi connectivity index (χ0n) is 37.0. The maximum Gasteiger partial charge on any atom is 0.367 e. The molecular formula is C53H22F4N6O7S4. The summed E-state index contributed by atoms with van der Waals surface area (Å²) in [7, 11) is 0. The zero-order valence-corrected chi connectivity index (χ0v) is 40.2. The summed E-state index contributed by atoms with van der Waals surface area (Å²) >= 11 is 4.22. The van der Waals surface area contributed by atoms with Gasteiger partial charge in [-0.05, 0) is 53.1 Å². The quantitative estimate of drug-likeness (QED) is 0.0618. The molecule has 0 bridgehead atoms. The first-order chi connectivity index (χ1) is 35.8. The van der Waals surface area contributed by atoms with Gasteiger partial charge in [-0.15, -0.1) is 45.3 Å². The summed E-state index contributed by atoms with van der Waals surface area (Å²) in [5.41, 5.74) is -4.52. The van der Waals surface area contributed by atoms with Crippen LogP contribution in [0.4, 0.5) is 27.6 Å². The number of carbonyl (C=O) groups is 4. The molecule has 4 aromatic carbocycles. The summed E-state index contributed by atoms with van der Waals surface area (Å²) in [5.74, 6) is -9.25. The van der Waals surface area contributed by atoms with E-state index < -0.39 is 75.3 Å². The van der Waals surface area contributed by atoms with Gasteiger partial charge in [-0.2, -0.15) is 21.0 Å². The number of nitriles is 4. The van der Waals surface area contributed by atoms with E-state index in [1.807, 2.05) is 0 Å². The smallest absolute Gasteiger partial charge is 0.367 e. The summed E-state index contributed by atoms with van der Waals surface area (Å²) in [6.07, 6.45) is 0. The molecule has 0 amide bonds. The SMILES string of the molecule is N#CC(C#N)=C1/C(=N/c2cc3sc4c(c3s2)OC(C(=O)OCc2ccccc2)(C(=O)OCc2ccccc2)c2c-4sc3cc(NC4C(=O)c5cc(F)c(F)cc5C4=C(C#N)C#N)sc23)C(=O)c2cc(F)c(F)cc21. The van der Waals surface area contributed by atoms with Crippen molar-refractivity contribution in [2.75, 3.05) is 5.32 Å². The van der Waals surface area contributed by atoms with Crippen LogP contribution >= 0.6 is 45.3 Å². The van der Waals surface area contributed by atoms with E-state index in [-0.39, 0.29) is 67.9 Å². The van der Waals surface area contributed by atoms with Gasteiger partial charge in [0.25, 0.3) is 0 Å². The van der Waals surface area contributed by atoms with Crippen LogP contribution in [-0.2, 0) is 37.9 Å². The van der Waals surface area contributed by atoms with Gasteiger partial charge in [0.05, 0.1) is 34.4 Å². The van der Waals surface area contributed by atoms with Crippen molar-refractivity contribution < 1.29 is 51.0 Å². The van der Waals surface area contributed by atoms with Crippen LogP contribution in [0.3, 0.4) is 0 Å². The number of ether oxygens (including phenoxy) is 3. The van der Waals surface area contributed by atoms with E-state index in [9.17, 15) is 48.2 Å². The number of aliphatic imine (C=N–C) groups is 1. The van der Waals surface area contributed by atoms with Gasteiger partial charge in [-0.25, -0.2) is 32.1 Å². The number of benzene rings is 4. The highest BCUT2D eigenvalue weighted by atomic mass is 32.1. The number of rotatable bonds is 9. The Hall–Kier alpha value is -9.09. The van der Waals surface area contributed by atoms with Crippen molar-refractivity contribution in [1.82, 2.24) is 0 Å². The van der Waals surface area contributed by atoms with E-state index in [0.29, 0.717) is 57.9 Å². The average Bonchev–Trinajstić information content (AvgIpc) is 4.27. The van der Waals surface area contributed by atoms with Crippen LogP contribution < -0.4 is 10.1 Å². The Balaban J connectivity index is 1.08. The lowest BCUT2D eigenvalue weighted by Crippen LogP contribution is -2.52. The summed E-state index contributed by atoms with van der Waals surface area (Å²) in [6, 6.07) is 28.6. The fourth-order valence-electron chi connectivity index (χ4n) is 8.85. The summed E-state index contributed by atoms with van der Waals surface area (Å²) in [4.78, 5) is 63.5. The van der Waals surface area contributed by atoms with Crippen LogP contribution in [0.15, 0.2) is 113 Å². The van der Waals surface area contributed by atoms with E-state index in [2.05, 4.69) is 10.3 Å². The molecule has 13 nitrogen and oxygen atoms in total. The summed E-state index contributed by atoms with van der Waals surface area (Å²) in [6.45, 7) is -0.644. The van der Waals surface area contributed by atoms with Crippen LogP contribution in [0.1, 0.15) is 48.5 Å². The van der Waals surface area contributed by atoms with Crippen molar-refractivity contribution in [2.24, 2.45) is 4.99 Å². The van der Waals surface area contributed by atoms with Crippen LogP contribution in [0.2, 0.25) is 0 Å². The molecule has 0 spiro atoms. The second kappa shape index (κ2) is 18.2. The summed E-state index contributed by atoms with van der Waals surface area (Å²) < 4.78 is 78.5. The first-order valence-corrected chi connectivity index (χ1v) is 24.8. The minimum atomic E-state index is -2.73. The number of allylic oxidation sites excluding steroid dienone is 3. The van der Waals surface area contributed by atoms with E-state index in [1.54, 1.807) is 97.1 Å². The van der Waals surface area contributed by atoms with Gasteiger partial charge in [0.2, 0.25) is 5.78 Å². The predicted molar refractivity (Wildman–Crippen MR) is 265 cm³/mol. The van der Waals surface area contributed by atoms with Crippen molar-refractivity contribution in [2.45, 2.75) is 24.9 Å². The van der Waals surface area contributed by atoms with Gasteiger partial charge >= 0.3 is 17.5 Å². The van der Waals surface area contributed by atoms with E-state index in [1.165, 1.54) is 0 Å². The third-order valence-electron chi connectivity index (χ3n) is 12.2. The van der Waals surface area contributed by atoms with Crippen molar-refractivity contribution in [3.8, 4) is 39.8 Å². The van der Waals surface area contributed by atoms with Crippen molar-refractivity contribution >= 4 is 115 Å². The molecule has 8 aromatic rings. The Morgan fingerprint density at radius 1 is 0.649 bits per heavy atom. The Morgan fingerprint density at radius 2 is 1.19 bits per heavy atom. The first kappa shape index (κ1) is 47.2. The standard InChI is InChI=1S/C53H22F4N6O7S4/c54-31-11-27-29(13-33(31)56)44(64)42(39(27)25(17-58)18-59)62-37-15-35-47(73-37)41-49(71-35)50-46(70-53(41,51(66)68-21-23-7-3-1-4-8-23)52(67)69-22-24-9-5-2-6-10-24)48-36(72-50)16-38(74-48)63-43-40(26(19-60)20-61)28-12-32(55)34(57)14-30(28)45(43)65/h1-16,42,62H,21-22H2/b63-43-. The van der Waals surface area contributed by atoms with Gasteiger partial charge in [0.1, 0.15) is 65.4 Å². The second-order valence-electron chi connectivity index (χ2n) is 16.4. The highest BCUT2D eigenvalue weighted by molar-refractivity contribution is 7.36. The minimum Gasteiger partial charge on any atom is -0.457 e. The lowest BCUT2D eigenvalue weighted by atomic mass is 9.90. The Kier molecular flexibility index (Phi) is 11.6. The fourth-order valence-corrected chi connectivity index (χ4v) is 14.0. The number of nitrogens with zero attached hydrogens (tertiary/aromatic N) is 5.